The number of ether oxygens (including phenoxy) is 1. The van der Waals surface area contributed by atoms with E-state index in [2.05, 4.69) is 37.7 Å². The summed E-state index contributed by atoms with van der Waals surface area (Å²) in [4.78, 5) is 20.4. The van der Waals surface area contributed by atoms with Crippen LogP contribution in [0, 0.1) is 0 Å². The zero-order valence-electron chi connectivity index (χ0n) is 26.2. The lowest BCUT2D eigenvalue weighted by atomic mass is 9.94. The fourth-order valence-electron chi connectivity index (χ4n) is 6.45. The number of alkyl halides is 2. The molecule has 0 atom stereocenters. The molecule has 9 nitrogen and oxygen atoms in total. The molecule has 0 aliphatic carbocycles. The van der Waals surface area contributed by atoms with Crippen molar-refractivity contribution in [3.8, 4) is 16.8 Å². The van der Waals surface area contributed by atoms with Crippen molar-refractivity contribution in [2.45, 2.75) is 65.1 Å². The molecule has 0 amide bonds. The molecule has 1 saturated heterocycles. The van der Waals surface area contributed by atoms with Gasteiger partial charge in [-0.2, -0.15) is 5.10 Å². The third kappa shape index (κ3) is 4.74. The summed E-state index contributed by atoms with van der Waals surface area (Å²) in [6.07, 6.45) is 0.712. The first-order chi connectivity index (χ1) is 20.1. The highest BCUT2D eigenvalue weighted by Crippen LogP contribution is 2.41. The predicted octanol–water partition coefficient (Wildman–Crippen LogP) is 5.86. The first-order valence-corrected chi connectivity index (χ1v) is 14.5. The fourth-order valence-corrected chi connectivity index (χ4v) is 6.45. The van der Waals surface area contributed by atoms with Crippen molar-refractivity contribution in [1.82, 2.24) is 28.5 Å². The van der Waals surface area contributed by atoms with Crippen molar-refractivity contribution in [1.29, 1.82) is 0 Å². The number of nitrogens with zero attached hydrogens (tertiary/aromatic N) is 7. The summed E-state index contributed by atoms with van der Waals surface area (Å²) in [5.41, 5.74) is 4.47. The number of aromatic nitrogens is 6. The van der Waals surface area contributed by atoms with Crippen molar-refractivity contribution in [3.05, 3.63) is 58.5 Å². The maximum atomic E-state index is 14.6. The van der Waals surface area contributed by atoms with Gasteiger partial charge >= 0.3 is 5.69 Å². The van der Waals surface area contributed by atoms with Crippen LogP contribution in [0.4, 0.5) is 14.5 Å². The van der Waals surface area contributed by atoms with Crippen LogP contribution in [0.5, 0.6) is 0 Å². The number of hydrogen-bond donors (Lipinski definition) is 0. The SMILES string of the molecule is CC(C)OC1(C)CN(c2cc(-n3c(C(C)(C)C)nc4cc(-c5cnn(C)c5)c(C(F)F)cc43)cc3c2n(C)c(=O)n3C)C1. The first kappa shape index (κ1) is 29.1. The van der Waals surface area contributed by atoms with Gasteiger partial charge in [-0.05, 0) is 50.6 Å². The molecule has 4 heterocycles. The highest BCUT2D eigenvalue weighted by atomic mass is 19.3. The molecule has 43 heavy (non-hydrogen) atoms. The third-order valence-electron chi connectivity index (χ3n) is 8.24. The number of imidazole rings is 2. The number of anilines is 1. The van der Waals surface area contributed by atoms with Gasteiger partial charge in [-0.1, -0.05) is 20.8 Å². The van der Waals surface area contributed by atoms with E-state index in [1.54, 1.807) is 59.5 Å². The fraction of sp³-hybridized carbons (Fsp3) is 0.469. The van der Waals surface area contributed by atoms with Crippen LogP contribution in [0.25, 0.3) is 38.9 Å². The van der Waals surface area contributed by atoms with Gasteiger partial charge in [-0.15, -0.1) is 0 Å². The molecule has 1 fully saturated rings. The molecule has 0 N–H and O–H groups in total. The van der Waals surface area contributed by atoms with Crippen LogP contribution in [0.15, 0.2) is 41.5 Å². The van der Waals surface area contributed by atoms with Crippen molar-refractivity contribution < 1.29 is 13.5 Å². The topological polar surface area (TPSA) is 75.0 Å². The number of hydrogen-bond acceptors (Lipinski definition) is 5. The van der Waals surface area contributed by atoms with E-state index in [-0.39, 0.29) is 23.0 Å². The maximum Gasteiger partial charge on any atom is 0.328 e. The Labute approximate surface area is 249 Å². The minimum atomic E-state index is -2.70. The van der Waals surface area contributed by atoms with E-state index in [0.717, 1.165) is 28.2 Å². The Morgan fingerprint density at radius 3 is 2.28 bits per heavy atom. The highest BCUT2D eigenvalue weighted by molar-refractivity contribution is 5.94. The normalized spacial score (nSPS) is 15.4. The van der Waals surface area contributed by atoms with E-state index >= 15 is 0 Å². The maximum absolute atomic E-state index is 14.6. The Kier molecular flexibility index (Phi) is 6.61. The number of halogens is 2. The molecule has 11 heteroatoms. The molecule has 228 valence electrons. The van der Waals surface area contributed by atoms with Crippen LogP contribution in [0.1, 0.15) is 59.4 Å². The molecular weight excluding hydrogens is 552 g/mol. The number of fused-ring (bicyclic) bond motifs is 2. The van der Waals surface area contributed by atoms with Gasteiger partial charge in [-0.3, -0.25) is 18.4 Å². The monoisotopic (exact) mass is 591 g/mol. The van der Waals surface area contributed by atoms with Crippen LogP contribution < -0.4 is 10.6 Å². The molecule has 0 unspecified atom stereocenters. The van der Waals surface area contributed by atoms with Crippen LogP contribution in [-0.4, -0.2) is 53.3 Å². The second-order valence-corrected chi connectivity index (χ2v) is 13.4. The minimum absolute atomic E-state index is 0.0835. The molecule has 3 aromatic heterocycles. The van der Waals surface area contributed by atoms with Gasteiger partial charge < -0.3 is 9.64 Å². The summed E-state index contributed by atoms with van der Waals surface area (Å²) >= 11 is 0. The summed E-state index contributed by atoms with van der Waals surface area (Å²) in [6.45, 7) is 13.6. The Bertz CT molecular complexity index is 1930. The third-order valence-corrected chi connectivity index (χ3v) is 8.24. The lowest BCUT2D eigenvalue weighted by Gasteiger charge is -2.50. The zero-order chi connectivity index (χ0) is 31.2. The average molecular weight is 592 g/mol. The average Bonchev–Trinajstić information content (AvgIpc) is 3.56. The van der Waals surface area contributed by atoms with E-state index in [1.807, 2.05) is 30.5 Å². The van der Waals surface area contributed by atoms with Crippen molar-refractivity contribution in [2.24, 2.45) is 21.1 Å². The van der Waals surface area contributed by atoms with Gasteiger partial charge in [0.25, 0.3) is 6.43 Å². The molecule has 0 radical (unpaired) electrons. The van der Waals surface area contributed by atoms with Gasteiger partial charge in [0.1, 0.15) is 11.4 Å². The molecular formula is C32H39F2N7O2. The molecule has 0 spiro atoms. The molecule has 0 bridgehead atoms. The van der Waals surface area contributed by atoms with E-state index in [9.17, 15) is 13.6 Å². The van der Waals surface area contributed by atoms with Crippen LogP contribution in [0.2, 0.25) is 0 Å². The summed E-state index contributed by atoms with van der Waals surface area (Å²) in [7, 11) is 5.29. The van der Waals surface area contributed by atoms with E-state index in [4.69, 9.17) is 9.72 Å². The summed E-state index contributed by atoms with van der Waals surface area (Å²) < 4.78 is 42.3. The van der Waals surface area contributed by atoms with Gasteiger partial charge in [0, 0.05) is 57.0 Å². The van der Waals surface area contributed by atoms with Crippen LogP contribution in [-0.2, 0) is 31.3 Å². The molecule has 0 saturated carbocycles. The van der Waals surface area contributed by atoms with Crippen LogP contribution in [0.3, 0.4) is 0 Å². The second kappa shape index (κ2) is 9.77. The van der Waals surface area contributed by atoms with Gasteiger partial charge in [0.05, 0.1) is 45.7 Å². The van der Waals surface area contributed by atoms with Gasteiger partial charge in [-0.25, -0.2) is 18.6 Å². The summed E-state index contributed by atoms with van der Waals surface area (Å²) in [5.74, 6) is 0.730. The van der Waals surface area contributed by atoms with Gasteiger partial charge in [0.15, 0.2) is 0 Å². The number of rotatable bonds is 6. The molecule has 1 aliphatic rings. The minimum Gasteiger partial charge on any atom is -0.369 e. The quantitative estimate of drug-likeness (QED) is 0.248. The Morgan fingerprint density at radius 2 is 1.70 bits per heavy atom. The van der Waals surface area contributed by atoms with E-state index in [1.165, 1.54) is 0 Å². The van der Waals surface area contributed by atoms with E-state index < -0.39 is 11.8 Å². The van der Waals surface area contributed by atoms with Crippen molar-refractivity contribution in [3.63, 3.8) is 0 Å². The Morgan fingerprint density at radius 1 is 1.00 bits per heavy atom. The van der Waals surface area contributed by atoms with Crippen LogP contribution >= 0.6 is 0 Å². The zero-order valence-corrected chi connectivity index (χ0v) is 26.2. The standard InChI is InChI=1S/C32H39F2N7O2/c1-18(2)43-32(6)16-40(17-32)26-11-20(10-25-27(26)39(9)30(42)38(25)8)41-24-13-22(28(33)34)21(19-14-35-37(7)15-19)12-23(24)36-29(41)31(3,4)5/h10-15,18,28H,16-17H2,1-9H3. The molecule has 2 aromatic carbocycles. The summed E-state index contributed by atoms with van der Waals surface area (Å²) in [6, 6.07) is 7.29. The van der Waals surface area contributed by atoms with Crippen molar-refractivity contribution >= 4 is 27.8 Å². The Balaban J connectivity index is 1.62. The smallest absolute Gasteiger partial charge is 0.328 e. The highest BCUT2D eigenvalue weighted by Gasteiger charge is 2.42. The lowest BCUT2D eigenvalue weighted by molar-refractivity contribution is -0.0838. The molecule has 1 aliphatic heterocycles. The largest absolute Gasteiger partial charge is 0.369 e. The number of benzene rings is 2. The second-order valence-electron chi connectivity index (χ2n) is 13.4. The molecule has 6 rings (SSSR count). The first-order valence-electron chi connectivity index (χ1n) is 14.5. The number of aryl methyl sites for hydroxylation is 3. The van der Waals surface area contributed by atoms with Crippen molar-refractivity contribution in [2.75, 3.05) is 18.0 Å². The van der Waals surface area contributed by atoms with Gasteiger partial charge in [0.2, 0.25) is 0 Å². The Hall–Kier alpha value is -3.99. The predicted molar refractivity (Wildman–Crippen MR) is 165 cm³/mol. The van der Waals surface area contributed by atoms with E-state index in [0.29, 0.717) is 35.2 Å². The molecule has 5 aromatic rings. The summed E-state index contributed by atoms with van der Waals surface area (Å²) in [5, 5.41) is 4.20. The lowest BCUT2D eigenvalue weighted by Crippen LogP contribution is -2.62.